The number of carbonyl (C=O) groups excluding carboxylic acids is 1. The Labute approximate surface area is 121 Å². The van der Waals surface area contributed by atoms with Gasteiger partial charge in [-0.05, 0) is 24.6 Å². The van der Waals surface area contributed by atoms with E-state index in [4.69, 9.17) is 17.4 Å². The molecule has 1 atom stereocenters. The van der Waals surface area contributed by atoms with Gasteiger partial charge in [0.2, 0.25) is 0 Å². The molecule has 1 unspecified atom stereocenters. The molecule has 7 heteroatoms. The maximum absolute atomic E-state index is 12.1. The third kappa shape index (κ3) is 3.43. The van der Waals surface area contributed by atoms with Gasteiger partial charge in [-0.15, -0.1) is 0 Å². The summed E-state index contributed by atoms with van der Waals surface area (Å²) in [7, 11) is 0. The van der Waals surface area contributed by atoms with Crippen molar-refractivity contribution in [3.8, 4) is 0 Å². The van der Waals surface area contributed by atoms with Crippen LogP contribution in [0.4, 0.5) is 5.82 Å². The van der Waals surface area contributed by atoms with E-state index in [1.165, 1.54) is 12.4 Å². The van der Waals surface area contributed by atoms with Crippen LogP contribution in [0.15, 0.2) is 36.7 Å². The molecule has 0 aliphatic carbocycles. The number of nitrogens with one attached hydrogen (secondary N) is 2. The standard InChI is InChI=1S/C13H14ClN5O/c1-8(9-3-2-4-10(14)5-9)17-13(20)11-6-16-7-12(18-11)19-15/h2-8H,15H2,1H3,(H,17,20)(H,18,19). The average Bonchev–Trinajstić information content (AvgIpc) is 2.47. The summed E-state index contributed by atoms with van der Waals surface area (Å²) in [6, 6.07) is 7.11. The number of nitrogen functional groups attached to an aromatic ring is 1. The molecule has 0 fully saturated rings. The van der Waals surface area contributed by atoms with Gasteiger partial charge in [0, 0.05) is 5.02 Å². The first-order valence-electron chi connectivity index (χ1n) is 5.95. The second-order valence-electron chi connectivity index (χ2n) is 4.18. The largest absolute Gasteiger partial charge is 0.344 e. The predicted molar refractivity (Wildman–Crippen MR) is 77.2 cm³/mol. The number of hydrogen-bond donors (Lipinski definition) is 3. The highest BCUT2D eigenvalue weighted by Gasteiger charge is 2.13. The first kappa shape index (κ1) is 14.2. The molecule has 104 valence electrons. The summed E-state index contributed by atoms with van der Waals surface area (Å²) in [5.74, 6) is 5.22. The normalized spacial score (nSPS) is 11.8. The van der Waals surface area contributed by atoms with E-state index >= 15 is 0 Å². The van der Waals surface area contributed by atoms with Crippen LogP contribution in [0.1, 0.15) is 29.0 Å². The number of amides is 1. The zero-order chi connectivity index (χ0) is 14.5. The van der Waals surface area contributed by atoms with E-state index < -0.39 is 0 Å². The molecule has 0 aliphatic rings. The smallest absolute Gasteiger partial charge is 0.272 e. The average molecular weight is 292 g/mol. The summed E-state index contributed by atoms with van der Waals surface area (Å²) in [5.41, 5.74) is 3.44. The van der Waals surface area contributed by atoms with Crippen molar-refractivity contribution < 1.29 is 4.79 Å². The van der Waals surface area contributed by atoms with Crippen molar-refractivity contribution in [1.82, 2.24) is 15.3 Å². The summed E-state index contributed by atoms with van der Waals surface area (Å²) in [6.07, 6.45) is 2.80. The van der Waals surface area contributed by atoms with Gasteiger partial charge >= 0.3 is 0 Å². The maximum atomic E-state index is 12.1. The van der Waals surface area contributed by atoms with Crippen LogP contribution in [-0.2, 0) is 0 Å². The van der Waals surface area contributed by atoms with Gasteiger partial charge in [-0.1, -0.05) is 23.7 Å². The van der Waals surface area contributed by atoms with Crippen molar-refractivity contribution in [2.45, 2.75) is 13.0 Å². The number of anilines is 1. The van der Waals surface area contributed by atoms with Gasteiger partial charge in [-0.25, -0.2) is 10.8 Å². The molecule has 1 aromatic carbocycles. The van der Waals surface area contributed by atoms with Crippen LogP contribution in [0.3, 0.4) is 0 Å². The van der Waals surface area contributed by atoms with Crippen LogP contribution in [-0.4, -0.2) is 15.9 Å². The molecule has 1 aromatic heterocycles. The molecule has 2 rings (SSSR count). The second-order valence-corrected chi connectivity index (χ2v) is 4.62. The van der Waals surface area contributed by atoms with Crippen LogP contribution in [0, 0.1) is 0 Å². The summed E-state index contributed by atoms with van der Waals surface area (Å²) in [4.78, 5) is 20.0. The number of rotatable bonds is 4. The molecule has 1 heterocycles. The van der Waals surface area contributed by atoms with Crippen molar-refractivity contribution in [2.24, 2.45) is 5.84 Å². The van der Waals surface area contributed by atoms with Crippen LogP contribution < -0.4 is 16.6 Å². The fourth-order valence-corrected chi connectivity index (χ4v) is 1.87. The molecule has 0 spiro atoms. The van der Waals surface area contributed by atoms with Crippen molar-refractivity contribution in [3.63, 3.8) is 0 Å². The number of hydrogen-bond acceptors (Lipinski definition) is 5. The predicted octanol–water partition coefficient (Wildman–Crippen LogP) is 1.91. The lowest BCUT2D eigenvalue weighted by atomic mass is 10.1. The van der Waals surface area contributed by atoms with Gasteiger partial charge < -0.3 is 10.7 Å². The van der Waals surface area contributed by atoms with E-state index in [0.717, 1.165) is 5.56 Å². The molecular formula is C13H14ClN5O. The maximum Gasteiger partial charge on any atom is 0.272 e. The lowest BCUT2D eigenvalue weighted by Gasteiger charge is -2.14. The van der Waals surface area contributed by atoms with Gasteiger partial charge in [-0.2, -0.15) is 0 Å². The number of hydrazine groups is 1. The monoisotopic (exact) mass is 291 g/mol. The zero-order valence-electron chi connectivity index (χ0n) is 10.8. The summed E-state index contributed by atoms with van der Waals surface area (Å²) in [5, 5.41) is 3.45. The minimum atomic E-state index is -0.331. The minimum absolute atomic E-state index is 0.189. The van der Waals surface area contributed by atoms with Crippen LogP contribution in [0.5, 0.6) is 0 Å². The topological polar surface area (TPSA) is 92.9 Å². The fourth-order valence-electron chi connectivity index (χ4n) is 1.67. The van der Waals surface area contributed by atoms with E-state index in [2.05, 4.69) is 20.7 Å². The lowest BCUT2D eigenvalue weighted by Crippen LogP contribution is -2.28. The van der Waals surface area contributed by atoms with Crippen molar-refractivity contribution in [1.29, 1.82) is 0 Å². The molecule has 0 saturated carbocycles. The Bertz CT molecular complexity index is 619. The molecule has 1 amide bonds. The molecular weight excluding hydrogens is 278 g/mol. The highest BCUT2D eigenvalue weighted by atomic mass is 35.5. The Balaban J connectivity index is 2.10. The number of aromatic nitrogens is 2. The Morgan fingerprint density at radius 3 is 2.90 bits per heavy atom. The van der Waals surface area contributed by atoms with Crippen molar-refractivity contribution in [3.05, 3.63) is 52.9 Å². The zero-order valence-corrected chi connectivity index (χ0v) is 11.6. The molecule has 0 aliphatic heterocycles. The summed E-state index contributed by atoms with van der Waals surface area (Å²) >= 11 is 5.92. The molecule has 6 nitrogen and oxygen atoms in total. The van der Waals surface area contributed by atoms with Crippen LogP contribution in [0.2, 0.25) is 5.02 Å². The van der Waals surface area contributed by atoms with E-state index in [1.807, 2.05) is 19.1 Å². The van der Waals surface area contributed by atoms with Crippen LogP contribution >= 0.6 is 11.6 Å². The van der Waals surface area contributed by atoms with Crippen molar-refractivity contribution in [2.75, 3.05) is 5.43 Å². The molecule has 0 saturated heterocycles. The number of benzene rings is 1. The van der Waals surface area contributed by atoms with Gasteiger partial charge in [0.1, 0.15) is 5.69 Å². The van der Waals surface area contributed by atoms with Gasteiger partial charge in [0.15, 0.2) is 5.82 Å². The van der Waals surface area contributed by atoms with E-state index in [-0.39, 0.29) is 17.6 Å². The number of nitrogens with two attached hydrogens (primary N) is 1. The number of nitrogens with zero attached hydrogens (tertiary/aromatic N) is 2. The first-order chi connectivity index (χ1) is 9.60. The molecule has 4 N–H and O–H groups in total. The highest BCUT2D eigenvalue weighted by molar-refractivity contribution is 6.30. The van der Waals surface area contributed by atoms with E-state index in [9.17, 15) is 4.79 Å². The quantitative estimate of drug-likeness (QED) is 0.591. The fraction of sp³-hybridized carbons (Fsp3) is 0.154. The molecule has 0 bridgehead atoms. The number of halogens is 1. The first-order valence-corrected chi connectivity index (χ1v) is 6.33. The molecule has 20 heavy (non-hydrogen) atoms. The minimum Gasteiger partial charge on any atom is -0.344 e. The lowest BCUT2D eigenvalue weighted by molar-refractivity contribution is 0.0934. The van der Waals surface area contributed by atoms with Gasteiger partial charge in [-0.3, -0.25) is 9.78 Å². The van der Waals surface area contributed by atoms with Crippen molar-refractivity contribution >= 4 is 23.3 Å². The van der Waals surface area contributed by atoms with Gasteiger partial charge in [0.05, 0.1) is 18.4 Å². The third-order valence-electron chi connectivity index (χ3n) is 2.71. The van der Waals surface area contributed by atoms with Crippen LogP contribution in [0.25, 0.3) is 0 Å². The summed E-state index contributed by atoms with van der Waals surface area (Å²) in [6.45, 7) is 1.86. The Hall–Kier alpha value is -2.18. The SMILES string of the molecule is CC(NC(=O)c1cncc(NN)n1)c1cccc(Cl)c1. The second kappa shape index (κ2) is 6.31. The Kier molecular flexibility index (Phi) is 4.49. The highest BCUT2D eigenvalue weighted by Crippen LogP contribution is 2.17. The molecule has 2 aromatic rings. The van der Waals surface area contributed by atoms with Gasteiger partial charge in [0.25, 0.3) is 5.91 Å². The third-order valence-corrected chi connectivity index (χ3v) is 2.95. The van der Waals surface area contributed by atoms with E-state index in [1.54, 1.807) is 12.1 Å². The summed E-state index contributed by atoms with van der Waals surface area (Å²) < 4.78 is 0. The Morgan fingerprint density at radius 1 is 1.40 bits per heavy atom. The van der Waals surface area contributed by atoms with E-state index in [0.29, 0.717) is 10.8 Å². The Morgan fingerprint density at radius 2 is 2.20 bits per heavy atom. The number of carbonyl (C=O) groups is 1. The molecule has 0 radical (unpaired) electrons.